The van der Waals surface area contributed by atoms with Crippen molar-refractivity contribution in [3.05, 3.63) is 65.7 Å². The first-order valence-electron chi connectivity index (χ1n) is 7.51. The van der Waals surface area contributed by atoms with E-state index in [2.05, 4.69) is 40.1 Å². The normalized spacial score (nSPS) is 16.1. The SMILES string of the molecule is FCc1ccc(CN2CCN(c3ccccc3)CC2)cc1. The van der Waals surface area contributed by atoms with Crippen LogP contribution in [0.3, 0.4) is 0 Å². The van der Waals surface area contributed by atoms with Gasteiger partial charge in [-0.1, -0.05) is 42.5 Å². The van der Waals surface area contributed by atoms with Crippen LogP contribution in [-0.4, -0.2) is 31.1 Å². The van der Waals surface area contributed by atoms with Gasteiger partial charge in [-0.3, -0.25) is 4.90 Å². The zero-order chi connectivity index (χ0) is 14.5. The fourth-order valence-corrected chi connectivity index (χ4v) is 2.79. The Bertz CT molecular complexity index is 545. The summed E-state index contributed by atoms with van der Waals surface area (Å²) in [4.78, 5) is 4.90. The predicted molar refractivity (Wildman–Crippen MR) is 85.2 cm³/mol. The molecule has 2 aromatic rings. The number of halogens is 1. The van der Waals surface area contributed by atoms with Gasteiger partial charge >= 0.3 is 0 Å². The minimum Gasteiger partial charge on any atom is -0.369 e. The molecule has 0 unspecified atom stereocenters. The highest BCUT2D eigenvalue weighted by Crippen LogP contribution is 2.17. The summed E-state index contributed by atoms with van der Waals surface area (Å²) < 4.78 is 12.5. The first kappa shape index (κ1) is 14.1. The van der Waals surface area contributed by atoms with Crippen LogP contribution in [0, 0.1) is 0 Å². The maximum atomic E-state index is 12.5. The molecule has 2 nitrogen and oxygen atoms in total. The van der Waals surface area contributed by atoms with E-state index in [1.165, 1.54) is 11.3 Å². The second-order valence-electron chi connectivity index (χ2n) is 5.55. The van der Waals surface area contributed by atoms with Crippen LogP contribution in [0.25, 0.3) is 0 Å². The van der Waals surface area contributed by atoms with Crippen molar-refractivity contribution in [1.29, 1.82) is 0 Å². The minimum atomic E-state index is -0.379. The number of nitrogens with zero attached hydrogens (tertiary/aromatic N) is 2. The van der Waals surface area contributed by atoms with Crippen LogP contribution >= 0.6 is 0 Å². The molecule has 1 aliphatic rings. The molecular weight excluding hydrogens is 263 g/mol. The van der Waals surface area contributed by atoms with Crippen LogP contribution in [0.15, 0.2) is 54.6 Å². The lowest BCUT2D eigenvalue weighted by atomic mass is 10.1. The maximum absolute atomic E-state index is 12.5. The van der Waals surface area contributed by atoms with Gasteiger partial charge in [-0.15, -0.1) is 0 Å². The molecule has 0 amide bonds. The molecule has 1 aliphatic heterocycles. The molecule has 0 bridgehead atoms. The van der Waals surface area contributed by atoms with E-state index in [0.717, 1.165) is 38.3 Å². The van der Waals surface area contributed by atoms with Crippen LogP contribution in [-0.2, 0) is 13.2 Å². The summed E-state index contributed by atoms with van der Waals surface area (Å²) in [5.74, 6) is 0. The summed E-state index contributed by atoms with van der Waals surface area (Å²) in [7, 11) is 0. The number of alkyl halides is 1. The lowest BCUT2D eigenvalue weighted by Gasteiger charge is -2.36. The molecule has 0 N–H and O–H groups in total. The van der Waals surface area contributed by atoms with Crippen molar-refractivity contribution in [1.82, 2.24) is 4.90 Å². The number of piperazine rings is 1. The van der Waals surface area contributed by atoms with E-state index in [1.807, 2.05) is 24.3 Å². The van der Waals surface area contributed by atoms with Gasteiger partial charge in [0.2, 0.25) is 0 Å². The van der Waals surface area contributed by atoms with Crippen LogP contribution in [0.1, 0.15) is 11.1 Å². The average molecular weight is 284 g/mol. The fraction of sp³-hybridized carbons (Fsp3) is 0.333. The molecule has 0 aliphatic carbocycles. The molecule has 0 spiro atoms. The summed E-state index contributed by atoms with van der Waals surface area (Å²) in [6.07, 6.45) is 0. The van der Waals surface area contributed by atoms with E-state index in [9.17, 15) is 4.39 Å². The Hall–Kier alpha value is -1.87. The smallest absolute Gasteiger partial charge is 0.115 e. The number of para-hydroxylation sites is 1. The number of hydrogen-bond donors (Lipinski definition) is 0. The highest BCUT2D eigenvalue weighted by Gasteiger charge is 2.16. The van der Waals surface area contributed by atoms with Crippen molar-refractivity contribution in [3.63, 3.8) is 0 Å². The number of hydrogen-bond acceptors (Lipinski definition) is 2. The van der Waals surface area contributed by atoms with Gasteiger partial charge < -0.3 is 4.90 Å². The van der Waals surface area contributed by atoms with Gasteiger partial charge in [-0.25, -0.2) is 4.39 Å². The van der Waals surface area contributed by atoms with Crippen molar-refractivity contribution in [2.75, 3.05) is 31.1 Å². The van der Waals surface area contributed by atoms with E-state index < -0.39 is 0 Å². The second-order valence-corrected chi connectivity index (χ2v) is 5.55. The first-order chi connectivity index (χ1) is 10.3. The van der Waals surface area contributed by atoms with Crippen LogP contribution in [0.5, 0.6) is 0 Å². The van der Waals surface area contributed by atoms with Gasteiger partial charge in [0.25, 0.3) is 0 Å². The topological polar surface area (TPSA) is 6.48 Å². The zero-order valence-corrected chi connectivity index (χ0v) is 12.2. The van der Waals surface area contributed by atoms with Gasteiger partial charge in [-0.05, 0) is 23.3 Å². The molecule has 2 aromatic carbocycles. The molecule has 1 fully saturated rings. The van der Waals surface area contributed by atoms with Gasteiger partial charge in [0, 0.05) is 38.4 Å². The summed E-state index contributed by atoms with van der Waals surface area (Å²) in [5.41, 5.74) is 3.33. The molecule has 1 heterocycles. The lowest BCUT2D eigenvalue weighted by molar-refractivity contribution is 0.250. The largest absolute Gasteiger partial charge is 0.369 e. The predicted octanol–water partition coefficient (Wildman–Crippen LogP) is 3.48. The highest BCUT2D eigenvalue weighted by molar-refractivity contribution is 5.46. The molecule has 1 saturated heterocycles. The van der Waals surface area contributed by atoms with Gasteiger partial charge in [0.1, 0.15) is 6.67 Å². The molecule has 110 valence electrons. The third-order valence-corrected chi connectivity index (χ3v) is 4.08. The monoisotopic (exact) mass is 284 g/mol. The van der Waals surface area contributed by atoms with Crippen molar-refractivity contribution in [2.45, 2.75) is 13.2 Å². The van der Waals surface area contributed by atoms with Crippen molar-refractivity contribution in [2.24, 2.45) is 0 Å². The second kappa shape index (κ2) is 6.72. The Morgan fingerprint density at radius 3 is 2.00 bits per heavy atom. The molecule has 0 aromatic heterocycles. The third-order valence-electron chi connectivity index (χ3n) is 4.08. The van der Waals surface area contributed by atoms with E-state index in [-0.39, 0.29) is 6.67 Å². The summed E-state index contributed by atoms with van der Waals surface area (Å²) in [6.45, 7) is 4.84. The molecular formula is C18H21FN2. The molecule has 3 rings (SSSR count). The van der Waals surface area contributed by atoms with Gasteiger partial charge in [-0.2, -0.15) is 0 Å². The van der Waals surface area contributed by atoms with Crippen molar-refractivity contribution >= 4 is 5.69 Å². The molecule has 0 atom stereocenters. The van der Waals surface area contributed by atoms with Crippen molar-refractivity contribution < 1.29 is 4.39 Å². The molecule has 3 heteroatoms. The quantitative estimate of drug-likeness (QED) is 0.848. The van der Waals surface area contributed by atoms with Crippen LogP contribution < -0.4 is 4.90 Å². The maximum Gasteiger partial charge on any atom is 0.115 e. The average Bonchev–Trinajstić information content (AvgIpc) is 2.57. The fourth-order valence-electron chi connectivity index (χ4n) is 2.79. The van der Waals surface area contributed by atoms with Crippen LogP contribution in [0.2, 0.25) is 0 Å². The molecule has 21 heavy (non-hydrogen) atoms. The van der Waals surface area contributed by atoms with E-state index in [0.29, 0.717) is 0 Å². The van der Waals surface area contributed by atoms with Gasteiger partial charge in [0.15, 0.2) is 0 Å². The third kappa shape index (κ3) is 3.61. The molecule has 0 radical (unpaired) electrons. The van der Waals surface area contributed by atoms with E-state index in [1.54, 1.807) is 0 Å². The Labute approximate surface area is 125 Å². The number of benzene rings is 2. The Morgan fingerprint density at radius 1 is 0.762 bits per heavy atom. The van der Waals surface area contributed by atoms with Crippen LogP contribution in [0.4, 0.5) is 10.1 Å². The number of anilines is 1. The lowest BCUT2D eigenvalue weighted by Crippen LogP contribution is -2.45. The molecule has 0 saturated carbocycles. The minimum absolute atomic E-state index is 0.379. The standard InChI is InChI=1S/C18H21FN2/c19-14-16-6-8-17(9-7-16)15-20-10-12-21(13-11-20)18-4-2-1-3-5-18/h1-9H,10-15H2. The Balaban J connectivity index is 1.53. The number of rotatable bonds is 4. The highest BCUT2D eigenvalue weighted by atomic mass is 19.1. The summed E-state index contributed by atoms with van der Waals surface area (Å²) in [5, 5.41) is 0. The van der Waals surface area contributed by atoms with Crippen molar-refractivity contribution in [3.8, 4) is 0 Å². The zero-order valence-electron chi connectivity index (χ0n) is 12.2. The van der Waals surface area contributed by atoms with E-state index >= 15 is 0 Å². The Morgan fingerprint density at radius 2 is 1.38 bits per heavy atom. The van der Waals surface area contributed by atoms with Gasteiger partial charge in [0.05, 0.1) is 0 Å². The summed E-state index contributed by atoms with van der Waals surface area (Å²) >= 11 is 0. The first-order valence-corrected chi connectivity index (χ1v) is 7.51. The summed E-state index contributed by atoms with van der Waals surface area (Å²) in [6, 6.07) is 18.4. The Kier molecular flexibility index (Phi) is 4.51. The van der Waals surface area contributed by atoms with E-state index in [4.69, 9.17) is 0 Å².